The number of nitrogens with zero attached hydrogens (tertiary/aromatic N) is 4. The smallest absolute Gasteiger partial charge is 0.306 e. The molecule has 0 aliphatic heterocycles. The molecule has 0 amide bonds. The van der Waals surface area contributed by atoms with E-state index in [0.717, 1.165) is 103 Å². The van der Waals surface area contributed by atoms with Crippen molar-refractivity contribution >= 4 is 11.9 Å². The summed E-state index contributed by atoms with van der Waals surface area (Å²) in [5, 5.41) is 18.6. The zero-order valence-corrected chi connectivity index (χ0v) is 38.7. The van der Waals surface area contributed by atoms with Crippen LogP contribution in [0.4, 0.5) is 0 Å². The molecule has 0 radical (unpaired) electrons. The predicted octanol–water partition coefficient (Wildman–Crippen LogP) is 13.4. The Labute approximate surface area is 357 Å². The van der Waals surface area contributed by atoms with Crippen LogP contribution >= 0.6 is 0 Å². The van der Waals surface area contributed by atoms with Crippen LogP contribution in [0.3, 0.4) is 0 Å². The molecule has 58 heavy (non-hydrogen) atoms. The molecule has 0 aliphatic rings. The molecule has 1 aromatic heterocycles. The second-order valence-corrected chi connectivity index (χ2v) is 17.3. The molecule has 1 rings (SSSR count). The summed E-state index contributed by atoms with van der Waals surface area (Å²) in [5.74, 6) is -0.0509. The predicted molar refractivity (Wildman–Crippen MR) is 242 cm³/mol. The Kier molecular flexibility index (Phi) is 37.6. The molecule has 0 saturated carbocycles. The number of aromatic nitrogens is 3. The van der Waals surface area contributed by atoms with Gasteiger partial charge in [-0.1, -0.05) is 174 Å². The van der Waals surface area contributed by atoms with Gasteiger partial charge in [-0.2, -0.15) is 0 Å². The fourth-order valence-corrected chi connectivity index (χ4v) is 7.76. The Morgan fingerprint density at radius 1 is 0.586 bits per heavy atom. The number of aliphatic hydroxyl groups excluding tert-OH is 1. The van der Waals surface area contributed by atoms with Crippen molar-refractivity contribution < 1.29 is 24.2 Å². The Bertz CT molecular complexity index is 1040. The van der Waals surface area contributed by atoms with Crippen molar-refractivity contribution in [2.45, 2.75) is 265 Å². The second-order valence-electron chi connectivity index (χ2n) is 17.3. The maximum Gasteiger partial charge on any atom is 0.306 e. The van der Waals surface area contributed by atoms with Crippen molar-refractivity contribution in [3.8, 4) is 0 Å². The van der Waals surface area contributed by atoms with Crippen molar-refractivity contribution in [3.05, 3.63) is 11.9 Å². The molecule has 1 N–H and O–H groups in total. The van der Waals surface area contributed by atoms with Gasteiger partial charge < -0.3 is 19.5 Å². The third-order valence-corrected chi connectivity index (χ3v) is 11.7. The minimum absolute atomic E-state index is 0.00271. The Hall–Kier alpha value is -2.00. The highest BCUT2D eigenvalue weighted by Gasteiger charge is 2.15. The number of aliphatic hydroxyl groups is 1. The average Bonchev–Trinajstić information content (AvgIpc) is 3.71. The molecule has 0 spiro atoms. The molecule has 1 aromatic rings. The second kappa shape index (κ2) is 40.4. The normalized spacial score (nSPS) is 12.2. The standard InChI is InChI=1S/C49H94N4O5/c1-5-9-12-15-18-19-20-26-34-43-57-48(55)37-31-27-33-40-52(41-42-53-44-46(50-51-53)47(54)8-4)39-32-25-21-24-30-38-49(56)58-45(35-28-22-16-13-10-6-2)36-29-23-17-14-11-7-3/h44-45,47,54H,5-43H2,1-4H3. The van der Waals surface area contributed by atoms with Crippen LogP contribution < -0.4 is 0 Å². The number of hydrogen-bond donors (Lipinski definition) is 1. The van der Waals surface area contributed by atoms with Gasteiger partial charge in [0.2, 0.25) is 0 Å². The summed E-state index contributed by atoms with van der Waals surface area (Å²) >= 11 is 0. The van der Waals surface area contributed by atoms with Crippen molar-refractivity contribution in [3.63, 3.8) is 0 Å². The van der Waals surface area contributed by atoms with Gasteiger partial charge in [0, 0.05) is 19.4 Å². The summed E-state index contributed by atoms with van der Waals surface area (Å²) in [6.45, 7) is 12.9. The third kappa shape index (κ3) is 32.8. The van der Waals surface area contributed by atoms with Gasteiger partial charge in [-0.05, 0) is 77.3 Å². The molecule has 1 unspecified atom stereocenters. The van der Waals surface area contributed by atoms with Gasteiger partial charge in [0.15, 0.2) is 0 Å². The van der Waals surface area contributed by atoms with Crippen molar-refractivity contribution in [2.24, 2.45) is 0 Å². The highest BCUT2D eigenvalue weighted by Crippen LogP contribution is 2.19. The molecule has 9 nitrogen and oxygen atoms in total. The molecule has 0 aliphatic carbocycles. The van der Waals surface area contributed by atoms with E-state index in [1.54, 1.807) is 0 Å². The summed E-state index contributed by atoms with van der Waals surface area (Å²) < 4.78 is 13.4. The van der Waals surface area contributed by atoms with Crippen LogP contribution in [0.25, 0.3) is 0 Å². The summed E-state index contributed by atoms with van der Waals surface area (Å²) in [7, 11) is 0. The van der Waals surface area contributed by atoms with Gasteiger partial charge in [-0.25, -0.2) is 0 Å². The Balaban J connectivity index is 2.37. The Morgan fingerprint density at radius 3 is 1.57 bits per heavy atom. The first-order valence-corrected chi connectivity index (χ1v) is 25.1. The van der Waals surface area contributed by atoms with Crippen LogP contribution in [-0.4, -0.2) is 69.3 Å². The van der Waals surface area contributed by atoms with Crippen molar-refractivity contribution in [2.75, 3.05) is 26.2 Å². The highest BCUT2D eigenvalue weighted by atomic mass is 16.5. The van der Waals surface area contributed by atoms with Crippen LogP contribution in [0.1, 0.15) is 258 Å². The number of carbonyl (C=O) groups excluding carboxylic acids is 2. The van der Waals surface area contributed by atoms with Crippen molar-refractivity contribution in [1.82, 2.24) is 19.9 Å². The summed E-state index contributed by atoms with van der Waals surface area (Å²) in [5.41, 5.74) is 0.633. The van der Waals surface area contributed by atoms with E-state index in [0.29, 0.717) is 31.6 Å². The van der Waals surface area contributed by atoms with Crippen LogP contribution in [0.2, 0.25) is 0 Å². The van der Waals surface area contributed by atoms with Crippen LogP contribution in [-0.2, 0) is 25.6 Å². The number of unbranched alkanes of at least 4 members (excludes halogenated alkanes) is 24. The maximum atomic E-state index is 12.9. The fraction of sp³-hybridized carbons (Fsp3) is 0.918. The first-order chi connectivity index (χ1) is 28.4. The zero-order valence-electron chi connectivity index (χ0n) is 38.7. The first kappa shape index (κ1) is 54.0. The number of hydrogen-bond acceptors (Lipinski definition) is 8. The summed E-state index contributed by atoms with van der Waals surface area (Å²) in [6.07, 6.45) is 40.0. The molecule has 0 bridgehead atoms. The molecule has 1 heterocycles. The van der Waals surface area contributed by atoms with E-state index < -0.39 is 6.10 Å². The number of ether oxygens (including phenoxy) is 2. The molecule has 0 fully saturated rings. The van der Waals surface area contributed by atoms with Gasteiger partial charge in [-0.3, -0.25) is 14.3 Å². The number of esters is 2. The number of carbonyl (C=O) groups is 2. The van der Waals surface area contributed by atoms with Gasteiger partial charge in [0.25, 0.3) is 0 Å². The largest absolute Gasteiger partial charge is 0.466 e. The lowest BCUT2D eigenvalue weighted by Gasteiger charge is -2.22. The molecule has 0 saturated heterocycles. The van der Waals surface area contributed by atoms with Crippen LogP contribution in [0.15, 0.2) is 6.20 Å². The lowest BCUT2D eigenvalue weighted by Crippen LogP contribution is -2.30. The molecular formula is C49H94N4O5. The summed E-state index contributed by atoms with van der Waals surface area (Å²) in [6, 6.07) is 0. The van der Waals surface area contributed by atoms with E-state index in [1.165, 1.54) is 122 Å². The Morgan fingerprint density at radius 2 is 1.03 bits per heavy atom. The summed E-state index contributed by atoms with van der Waals surface area (Å²) in [4.78, 5) is 27.7. The molecule has 0 aromatic carbocycles. The lowest BCUT2D eigenvalue weighted by molar-refractivity contribution is -0.150. The quantitative estimate of drug-likeness (QED) is 0.0512. The van der Waals surface area contributed by atoms with Gasteiger partial charge in [-0.15, -0.1) is 5.10 Å². The molecular weight excluding hydrogens is 725 g/mol. The van der Waals surface area contributed by atoms with E-state index >= 15 is 0 Å². The molecule has 1 atom stereocenters. The molecule has 340 valence electrons. The van der Waals surface area contributed by atoms with Crippen LogP contribution in [0, 0.1) is 0 Å². The third-order valence-electron chi connectivity index (χ3n) is 11.7. The van der Waals surface area contributed by atoms with E-state index in [1.807, 2.05) is 17.8 Å². The maximum absolute atomic E-state index is 12.9. The van der Waals surface area contributed by atoms with Gasteiger partial charge in [0.1, 0.15) is 11.8 Å². The minimum atomic E-state index is -0.569. The molecule has 9 heteroatoms. The highest BCUT2D eigenvalue weighted by molar-refractivity contribution is 5.69. The number of rotatable bonds is 44. The van der Waals surface area contributed by atoms with Gasteiger partial charge in [0.05, 0.1) is 25.5 Å². The van der Waals surface area contributed by atoms with E-state index in [9.17, 15) is 14.7 Å². The zero-order chi connectivity index (χ0) is 42.2. The van der Waals surface area contributed by atoms with E-state index in [4.69, 9.17) is 9.47 Å². The van der Waals surface area contributed by atoms with E-state index in [2.05, 4.69) is 36.0 Å². The van der Waals surface area contributed by atoms with Crippen LogP contribution in [0.5, 0.6) is 0 Å². The van der Waals surface area contributed by atoms with Crippen molar-refractivity contribution in [1.29, 1.82) is 0 Å². The monoisotopic (exact) mass is 819 g/mol. The minimum Gasteiger partial charge on any atom is -0.466 e. The SMILES string of the molecule is CCCCCCCCCCCOC(=O)CCCCCN(CCCCCCCC(=O)OC(CCCCCCCC)CCCCCCCC)CCn1cc(C(O)CC)nn1. The first-order valence-electron chi connectivity index (χ1n) is 25.1. The lowest BCUT2D eigenvalue weighted by atomic mass is 10.0. The van der Waals surface area contributed by atoms with Gasteiger partial charge >= 0.3 is 11.9 Å². The topological polar surface area (TPSA) is 107 Å². The van der Waals surface area contributed by atoms with E-state index in [-0.39, 0.29) is 18.0 Å². The fourth-order valence-electron chi connectivity index (χ4n) is 7.76. The average molecular weight is 819 g/mol.